The van der Waals surface area contributed by atoms with E-state index in [-0.39, 0.29) is 6.42 Å². The molecule has 3 N–H and O–H groups in total. The third kappa shape index (κ3) is 5.18. The van der Waals surface area contributed by atoms with Gasteiger partial charge in [0, 0.05) is 12.3 Å². The summed E-state index contributed by atoms with van der Waals surface area (Å²) < 4.78 is 5.76. The number of carbonyl (C=O) groups excluding carboxylic acids is 1. The molecule has 0 saturated heterocycles. The van der Waals surface area contributed by atoms with Crippen molar-refractivity contribution in [3.63, 3.8) is 0 Å². The van der Waals surface area contributed by atoms with Crippen LogP contribution in [0, 0.1) is 16.7 Å². The first-order valence-corrected chi connectivity index (χ1v) is 11.1. The van der Waals surface area contributed by atoms with Gasteiger partial charge in [0.2, 0.25) is 5.91 Å². The van der Waals surface area contributed by atoms with Gasteiger partial charge in [0.1, 0.15) is 18.4 Å². The minimum atomic E-state index is -1.13. The first-order valence-electron chi connectivity index (χ1n) is 11.1. The summed E-state index contributed by atoms with van der Waals surface area (Å²) in [4.78, 5) is 36.6. The number of hydrogen-bond acceptors (Lipinski definition) is 4. The van der Waals surface area contributed by atoms with Crippen LogP contribution in [0.5, 0.6) is 5.75 Å². The van der Waals surface area contributed by atoms with E-state index in [4.69, 9.17) is 4.74 Å². The van der Waals surface area contributed by atoms with Gasteiger partial charge in [0.25, 0.3) is 0 Å². The lowest BCUT2D eigenvalue weighted by atomic mass is 9.65. The third-order valence-electron chi connectivity index (χ3n) is 7.24. The summed E-state index contributed by atoms with van der Waals surface area (Å²) in [5.74, 6) is -2.40. The highest BCUT2D eigenvalue weighted by Gasteiger charge is 2.58. The second-order valence-corrected chi connectivity index (χ2v) is 9.47. The molecule has 0 radical (unpaired) electrons. The van der Waals surface area contributed by atoms with Crippen LogP contribution in [0.1, 0.15) is 44.7 Å². The van der Waals surface area contributed by atoms with Crippen molar-refractivity contribution in [2.75, 3.05) is 0 Å². The van der Waals surface area contributed by atoms with Gasteiger partial charge in [-0.25, -0.2) is 4.79 Å². The lowest BCUT2D eigenvalue weighted by Gasteiger charge is -2.38. The summed E-state index contributed by atoms with van der Waals surface area (Å²) in [6.45, 7) is 5.61. The molecule has 2 aromatic rings. The highest BCUT2D eigenvalue weighted by Crippen LogP contribution is 2.56. The maximum absolute atomic E-state index is 13.0. The molecular formula is C26H31NO6. The normalized spacial score (nSPS) is 22.3. The molecular weight excluding hydrogens is 422 g/mol. The second-order valence-electron chi connectivity index (χ2n) is 9.47. The SMILES string of the molecule is CC1(C(=O)O)CCC(C(=O)NC(Cc2ccc(OCc3ccccc3)cc2)C(=O)O)C1(C)C. The molecule has 0 aliphatic heterocycles. The van der Waals surface area contributed by atoms with Crippen molar-refractivity contribution in [1.29, 1.82) is 0 Å². The van der Waals surface area contributed by atoms with Gasteiger partial charge in [0.05, 0.1) is 5.41 Å². The molecule has 1 saturated carbocycles. The number of carboxylic acid groups (broad SMARTS) is 2. The molecule has 3 rings (SSSR count). The van der Waals surface area contributed by atoms with Crippen molar-refractivity contribution in [3.8, 4) is 5.75 Å². The summed E-state index contributed by atoms with van der Waals surface area (Å²) in [7, 11) is 0. The molecule has 33 heavy (non-hydrogen) atoms. The highest BCUT2D eigenvalue weighted by atomic mass is 16.5. The minimum absolute atomic E-state index is 0.114. The fourth-order valence-corrected chi connectivity index (χ4v) is 4.51. The number of rotatable bonds is 9. The number of ether oxygens (including phenoxy) is 1. The van der Waals surface area contributed by atoms with Gasteiger partial charge in [-0.15, -0.1) is 0 Å². The molecule has 7 nitrogen and oxygen atoms in total. The van der Waals surface area contributed by atoms with E-state index in [0.717, 1.165) is 11.1 Å². The van der Waals surface area contributed by atoms with Gasteiger partial charge in [-0.3, -0.25) is 9.59 Å². The van der Waals surface area contributed by atoms with Crippen LogP contribution >= 0.6 is 0 Å². The van der Waals surface area contributed by atoms with E-state index in [0.29, 0.717) is 25.2 Å². The van der Waals surface area contributed by atoms with Crippen LogP contribution in [0.4, 0.5) is 0 Å². The molecule has 3 atom stereocenters. The first kappa shape index (κ1) is 24.3. The topological polar surface area (TPSA) is 113 Å². The molecule has 2 aromatic carbocycles. The smallest absolute Gasteiger partial charge is 0.326 e. The van der Waals surface area contributed by atoms with Crippen molar-refractivity contribution in [3.05, 3.63) is 65.7 Å². The van der Waals surface area contributed by atoms with E-state index in [1.54, 1.807) is 45.0 Å². The van der Waals surface area contributed by atoms with Crippen LogP contribution in [-0.4, -0.2) is 34.1 Å². The number of carboxylic acids is 2. The van der Waals surface area contributed by atoms with E-state index < -0.39 is 40.6 Å². The quantitative estimate of drug-likeness (QED) is 0.531. The maximum atomic E-state index is 13.0. The van der Waals surface area contributed by atoms with Gasteiger partial charge in [-0.05, 0) is 48.4 Å². The van der Waals surface area contributed by atoms with Gasteiger partial charge in [0.15, 0.2) is 0 Å². The number of amides is 1. The Labute approximate surface area is 193 Å². The van der Waals surface area contributed by atoms with Crippen molar-refractivity contribution in [2.24, 2.45) is 16.7 Å². The number of nitrogens with one attached hydrogen (secondary N) is 1. The molecule has 0 aromatic heterocycles. The summed E-state index contributed by atoms with van der Waals surface area (Å²) in [5.41, 5.74) is -0.0487. The summed E-state index contributed by atoms with van der Waals surface area (Å²) >= 11 is 0. The first-order chi connectivity index (χ1) is 15.5. The molecule has 0 spiro atoms. The van der Waals surface area contributed by atoms with Gasteiger partial charge in [-0.1, -0.05) is 56.3 Å². The highest BCUT2D eigenvalue weighted by molar-refractivity contribution is 5.87. The Hall–Kier alpha value is -3.35. The van der Waals surface area contributed by atoms with Crippen LogP contribution in [0.3, 0.4) is 0 Å². The number of benzene rings is 2. The molecule has 1 amide bonds. The van der Waals surface area contributed by atoms with Crippen LogP contribution in [0.15, 0.2) is 54.6 Å². The zero-order valence-electron chi connectivity index (χ0n) is 19.2. The van der Waals surface area contributed by atoms with Crippen LogP contribution in [-0.2, 0) is 27.4 Å². The van der Waals surface area contributed by atoms with E-state index in [1.165, 1.54) is 0 Å². The predicted molar refractivity (Wildman–Crippen MR) is 123 cm³/mol. The lowest BCUT2D eigenvalue weighted by molar-refractivity contribution is -0.155. The second kappa shape index (κ2) is 9.65. The Morgan fingerprint density at radius 1 is 1.00 bits per heavy atom. The zero-order chi connectivity index (χ0) is 24.2. The monoisotopic (exact) mass is 453 g/mol. The molecule has 1 fully saturated rings. The molecule has 1 aliphatic carbocycles. The number of hydrogen-bond donors (Lipinski definition) is 3. The van der Waals surface area contributed by atoms with E-state index >= 15 is 0 Å². The van der Waals surface area contributed by atoms with E-state index in [9.17, 15) is 24.6 Å². The average Bonchev–Trinajstić information content (AvgIpc) is 3.03. The predicted octanol–water partition coefficient (Wildman–Crippen LogP) is 3.90. The fourth-order valence-electron chi connectivity index (χ4n) is 4.51. The summed E-state index contributed by atoms with van der Waals surface area (Å²) in [6.07, 6.45) is 0.889. The van der Waals surface area contributed by atoms with Crippen molar-refractivity contribution < 1.29 is 29.3 Å². The Morgan fingerprint density at radius 2 is 1.64 bits per heavy atom. The largest absolute Gasteiger partial charge is 0.489 e. The number of aliphatic carboxylic acids is 2. The lowest BCUT2D eigenvalue weighted by Crippen LogP contribution is -2.49. The number of carbonyl (C=O) groups is 3. The van der Waals surface area contributed by atoms with Crippen LogP contribution in [0.2, 0.25) is 0 Å². The van der Waals surface area contributed by atoms with Crippen LogP contribution < -0.4 is 10.1 Å². The fraction of sp³-hybridized carbons (Fsp3) is 0.423. The van der Waals surface area contributed by atoms with Crippen molar-refractivity contribution >= 4 is 17.8 Å². The minimum Gasteiger partial charge on any atom is -0.489 e. The Kier molecular flexibility index (Phi) is 7.10. The maximum Gasteiger partial charge on any atom is 0.326 e. The van der Waals surface area contributed by atoms with Crippen molar-refractivity contribution in [1.82, 2.24) is 5.32 Å². The standard InChI is InChI=1S/C26H31NO6/c1-25(2)20(13-14-26(25,3)24(31)32)22(28)27-21(23(29)30)15-17-9-11-19(12-10-17)33-16-18-7-5-4-6-8-18/h4-12,20-21H,13-16H2,1-3H3,(H,27,28)(H,29,30)(H,31,32). The third-order valence-corrected chi connectivity index (χ3v) is 7.24. The van der Waals surface area contributed by atoms with Gasteiger partial charge in [-0.2, -0.15) is 0 Å². The Bertz CT molecular complexity index is 1000. The zero-order valence-corrected chi connectivity index (χ0v) is 19.2. The molecule has 1 aliphatic rings. The van der Waals surface area contributed by atoms with E-state index in [2.05, 4.69) is 5.32 Å². The Balaban J connectivity index is 1.62. The van der Waals surface area contributed by atoms with Gasteiger partial charge >= 0.3 is 11.9 Å². The molecule has 7 heteroatoms. The summed E-state index contributed by atoms with van der Waals surface area (Å²) in [5, 5.41) is 22.0. The average molecular weight is 454 g/mol. The molecule has 0 heterocycles. The van der Waals surface area contributed by atoms with E-state index in [1.807, 2.05) is 30.3 Å². The Morgan fingerprint density at radius 3 is 2.18 bits per heavy atom. The van der Waals surface area contributed by atoms with Crippen LogP contribution in [0.25, 0.3) is 0 Å². The molecule has 176 valence electrons. The van der Waals surface area contributed by atoms with Crippen molar-refractivity contribution in [2.45, 2.75) is 52.7 Å². The molecule has 3 unspecified atom stereocenters. The van der Waals surface area contributed by atoms with Gasteiger partial charge < -0.3 is 20.3 Å². The summed E-state index contributed by atoms with van der Waals surface area (Å²) in [6, 6.07) is 15.8. The molecule has 0 bridgehead atoms.